The molecule has 2 aliphatic rings. The smallest absolute Gasteiger partial charge is 0.317 e. The van der Waals surface area contributed by atoms with Crippen LogP contribution in [-0.4, -0.2) is 35.4 Å². The van der Waals surface area contributed by atoms with Gasteiger partial charge in [-0.2, -0.15) is 0 Å². The van der Waals surface area contributed by atoms with E-state index < -0.39 is 11.6 Å². The lowest BCUT2D eigenvalue weighted by Crippen LogP contribution is -2.70. The van der Waals surface area contributed by atoms with E-state index in [1.54, 1.807) is 14.0 Å². The molecule has 8 heteroatoms. The predicted octanol–water partition coefficient (Wildman–Crippen LogP) is 4.18. The highest BCUT2D eigenvalue weighted by Gasteiger charge is 2.59. The lowest BCUT2D eigenvalue weighted by Gasteiger charge is -2.55. The van der Waals surface area contributed by atoms with Gasteiger partial charge < -0.3 is 24.4 Å². The molecule has 6 nitrogen and oxygen atoms in total. The van der Waals surface area contributed by atoms with E-state index in [-0.39, 0.29) is 12.0 Å². The minimum atomic E-state index is -1.000. The normalized spacial score (nSPS) is 24.4. The van der Waals surface area contributed by atoms with Gasteiger partial charge in [0, 0.05) is 16.6 Å². The van der Waals surface area contributed by atoms with E-state index in [0.29, 0.717) is 18.3 Å². The van der Waals surface area contributed by atoms with E-state index in [0.717, 1.165) is 27.1 Å². The molecule has 2 aromatic rings. The number of carbonyl (C=O) groups excluding carboxylic acids is 1. The van der Waals surface area contributed by atoms with Crippen LogP contribution >= 0.6 is 28.1 Å². The molecule has 0 saturated carbocycles. The maximum absolute atomic E-state index is 13.1. The number of nitrogens with zero attached hydrogens (tertiary/aromatic N) is 1. The van der Waals surface area contributed by atoms with Gasteiger partial charge in [0.05, 0.1) is 19.8 Å². The van der Waals surface area contributed by atoms with Crippen molar-refractivity contribution < 1.29 is 19.0 Å². The van der Waals surface area contributed by atoms with Crippen molar-refractivity contribution in [2.75, 3.05) is 13.7 Å². The summed E-state index contributed by atoms with van der Waals surface area (Å²) in [5.41, 5.74) is 0.902. The average Bonchev–Trinajstić information content (AvgIpc) is 2.72. The molecule has 3 unspecified atom stereocenters. The Morgan fingerprint density at radius 2 is 2.03 bits per heavy atom. The number of fused-ring (bicyclic) bond motifs is 4. The maximum atomic E-state index is 13.1. The summed E-state index contributed by atoms with van der Waals surface area (Å²) in [6, 6.07) is 13.2. The zero-order chi connectivity index (χ0) is 21.5. The summed E-state index contributed by atoms with van der Waals surface area (Å²) < 4.78 is 18.1. The van der Waals surface area contributed by atoms with Crippen LogP contribution in [0.5, 0.6) is 11.5 Å². The Morgan fingerprint density at radius 1 is 1.30 bits per heavy atom. The minimum absolute atomic E-state index is 0.298. The van der Waals surface area contributed by atoms with Crippen molar-refractivity contribution in [3.05, 3.63) is 58.1 Å². The van der Waals surface area contributed by atoms with Crippen molar-refractivity contribution in [3.8, 4) is 11.5 Å². The minimum Gasteiger partial charge on any atom is -0.497 e. The molecule has 2 aromatic carbocycles. The molecule has 2 heterocycles. The van der Waals surface area contributed by atoms with Crippen molar-refractivity contribution in [3.63, 3.8) is 0 Å². The van der Waals surface area contributed by atoms with Gasteiger partial charge in [-0.1, -0.05) is 28.1 Å². The van der Waals surface area contributed by atoms with Crippen LogP contribution < -0.4 is 14.8 Å². The molecule has 1 fully saturated rings. The topological polar surface area (TPSA) is 60.0 Å². The molecule has 2 aliphatic heterocycles. The van der Waals surface area contributed by atoms with Crippen molar-refractivity contribution in [2.45, 2.75) is 32.2 Å². The number of thiocarbonyl (C=S) groups is 1. The summed E-state index contributed by atoms with van der Waals surface area (Å²) >= 11 is 9.22. The van der Waals surface area contributed by atoms with Gasteiger partial charge in [0.1, 0.15) is 17.4 Å². The third kappa shape index (κ3) is 3.52. The fraction of sp³-hybridized carbons (Fsp3) is 0.364. The van der Waals surface area contributed by atoms with Gasteiger partial charge >= 0.3 is 5.97 Å². The van der Waals surface area contributed by atoms with Crippen LogP contribution in [0.4, 0.5) is 0 Å². The molecular weight excluding hydrogens is 468 g/mol. The van der Waals surface area contributed by atoms with Crippen LogP contribution in [0.1, 0.15) is 31.0 Å². The molecule has 30 heavy (non-hydrogen) atoms. The van der Waals surface area contributed by atoms with E-state index >= 15 is 0 Å². The van der Waals surface area contributed by atoms with Crippen LogP contribution in [0, 0.1) is 5.92 Å². The first-order valence-electron chi connectivity index (χ1n) is 9.73. The van der Waals surface area contributed by atoms with E-state index in [2.05, 4.69) is 21.2 Å². The largest absolute Gasteiger partial charge is 0.497 e. The zero-order valence-corrected chi connectivity index (χ0v) is 19.4. The molecule has 0 radical (unpaired) electrons. The molecule has 158 valence electrons. The number of halogens is 1. The fourth-order valence-electron chi connectivity index (χ4n) is 4.16. The molecule has 0 aromatic heterocycles. The van der Waals surface area contributed by atoms with E-state index in [4.69, 9.17) is 26.4 Å². The molecule has 0 amide bonds. The maximum Gasteiger partial charge on any atom is 0.317 e. The fourth-order valence-corrected chi connectivity index (χ4v) is 4.91. The molecule has 1 saturated heterocycles. The Kier molecular flexibility index (Phi) is 5.63. The SMILES string of the molecule is CCOC(=O)C1C2NC(=S)N(Cc3ccc(OC)cc3)C1(C)Oc1ccc(Br)cc12. The Bertz CT molecular complexity index is 984. The van der Waals surface area contributed by atoms with Gasteiger partial charge in [0.2, 0.25) is 0 Å². The number of rotatable bonds is 5. The third-order valence-corrected chi connectivity index (χ3v) is 6.47. The summed E-state index contributed by atoms with van der Waals surface area (Å²) in [5, 5.41) is 3.90. The summed E-state index contributed by atoms with van der Waals surface area (Å²) in [4.78, 5) is 15.0. The second kappa shape index (κ2) is 8.07. The average molecular weight is 491 g/mol. The van der Waals surface area contributed by atoms with Crippen molar-refractivity contribution in [1.29, 1.82) is 0 Å². The Hall–Kier alpha value is -2.32. The highest BCUT2D eigenvalue weighted by molar-refractivity contribution is 9.10. The van der Waals surface area contributed by atoms with Crippen LogP contribution in [-0.2, 0) is 16.1 Å². The van der Waals surface area contributed by atoms with Crippen molar-refractivity contribution in [2.24, 2.45) is 5.92 Å². The van der Waals surface area contributed by atoms with E-state index in [1.165, 1.54) is 0 Å². The zero-order valence-electron chi connectivity index (χ0n) is 17.0. The number of hydrogen-bond acceptors (Lipinski definition) is 5. The summed E-state index contributed by atoms with van der Waals surface area (Å²) in [7, 11) is 1.63. The van der Waals surface area contributed by atoms with Gasteiger partial charge in [-0.25, -0.2) is 0 Å². The lowest BCUT2D eigenvalue weighted by molar-refractivity contribution is -0.176. The van der Waals surface area contributed by atoms with Crippen LogP contribution in [0.2, 0.25) is 0 Å². The quantitative estimate of drug-likeness (QED) is 0.498. The molecule has 3 atom stereocenters. The molecule has 1 N–H and O–H groups in total. The Morgan fingerprint density at radius 3 is 2.70 bits per heavy atom. The van der Waals surface area contributed by atoms with Gasteiger partial charge in [0.25, 0.3) is 0 Å². The first-order valence-corrected chi connectivity index (χ1v) is 10.9. The predicted molar refractivity (Wildman–Crippen MR) is 120 cm³/mol. The number of esters is 1. The van der Waals surface area contributed by atoms with Gasteiger partial charge in [0.15, 0.2) is 10.8 Å². The monoisotopic (exact) mass is 490 g/mol. The molecule has 4 rings (SSSR count). The van der Waals surface area contributed by atoms with Gasteiger partial charge in [-0.15, -0.1) is 0 Å². The molecule has 2 bridgehead atoms. The first-order chi connectivity index (χ1) is 14.4. The molecule has 0 aliphatic carbocycles. The highest BCUT2D eigenvalue weighted by Crippen LogP contribution is 2.49. The molecule has 0 spiro atoms. The number of nitrogens with one attached hydrogen (secondary N) is 1. The summed E-state index contributed by atoms with van der Waals surface area (Å²) in [6.07, 6.45) is 0. The van der Waals surface area contributed by atoms with Gasteiger partial charge in [-0.3, -0.25) is 4.79 Å². The van der Waals surface area contributed by atoms with Crippen LogP contribution in [0.3, 0.4) is 0 Å². The number of methoxy groups -OCH3 is 1. The van der Waals surface area contributed by atoms with E-state index in [1.807, 2.05) is 54.3 Å². The number of hydrogen-bond donors (Lipinski definition) is 1. The van der Waals surface area contributed by atoms with Crippen LogP contribution in [0.15, 0.2) is 46.9 Å². The first kappa shape index (κ1) is 20.9. The second-order valence-corrected chi connectivity index (χ2v) is 8.73. The van der Waals surface area contributed by atoms with Crippen LogP contribution in [0.25, 0.3) is 0 Å². The van der Waals surface area contributed by atoms with Crippen molar-refractivity contribution >= 4 is 39.2 Å². The Labute approximate surface area is 189 Å². The van der Waals surface area contributed by atoms with Gasteiger partial charge in [-0.05, 0) is 62.0 Å². The third-order valence-electron chi connectivity index (χ3n) is 5.63. The van der Waals surface area contributed by atoms with Crippen molar-refractivity contribution in [1.82, 2.24) is 10.2 Å². The standard InChI is InChI=1S/C22H23BrN2O4S/c1-4-28-20(26)18-19-16-11-14(23)7-10-17(16)29-22(18,2)25(21(30)24-19)12-13-5-8-15(27-3)9-6-13/h5-11,18-19H,4,12H2,1-3H3,(H,24,30). The lowest BCUT2D eigenvalue weighted by atomic mass is 9.79. The summed E-state index contributed by atoms with van der Waals surface area (Å²) in [5.74, 6) is 0.595. The second-order valence-electron chi connectivity index (χ2n) is 7.43. The number of ether oxygens (including phenoxy) is 3. The summed E-state index contributed by atoms with van der Waals surface area (Å²) in [6.45, 7) is 4.48. The van der Waals surface area contributed by atoms with E-state index in [9.17, 15) is 4.79 Å². The number of carbonyl (C=O) groups is 1. The highest BCUT2D eigenvalue weighted by atomic mass is 79.9. The Balaban J connectivity index is 1.76. The number of benzene rings is 2. The molecular formula is C22H23BrN2O4S.